The summed E-state index contributed by atoms with van der Waals surface area (Å²) in [4.78, 5) is 32.3. The summed E-state index contributed by atoms with van der Waals surface area (Å²) in [7, 11) is 0. The molecule has 184 valence electrons. The smallest absolute Gasteiger partial charge is 0.338 e. The van der Waals surface area contributed by atoms with Crippen molar-refractivity contribution in [3.8, 4) is 0 Å². The highest BCUT2D eigenvalue weighted by Gasteiger charge is 2.34. The van der Waals surface area contributed by atoms with Crippen molar-refractivity contribution in [1.82, 2.24) is 4.57 Å². The summed E-state index contributed by atoms with van der Waals surface area (Å²) in [5.74, 6) is 0.463. The number of halogens is 2. The minimum atomic E-state index is -0.620. The number of carbonyl (C=O) groups is 1. The molecule has 1 aliphatic heterocycles. The largest absolute Gasteiger partial charge is 0.463 e. The van der Waals surface area contributed by atoms with Gasteiger partial charge in [-0.2, -0.15) is 0 Å². The Morgan fingerprint density at radius 3 is 2.54 bits per heavy atom. The van der Waals surface area contributed by atoms with Gasteiger partial charge < -0.3 is 9.15 Å². The first kappa shape index (κ1) is 25.9. The van der Waals surface area contributed by atoms with E-state index < -0.39 is 12.0 Å². The number of benzene rings is 1. The van der Waals surface area contributed by atoms with Gasteiger partial charge in [0.25, 0.3) is 5.56 Å². The van der Waals surface area contributed by atoms with Crippen molar-refractivity contribution >= 4 is 55.2 Å². The van der Waals surface area contributed by atoms with E-state index in [0.29, 0.717) is 43.4 Å². The summed E-state index contributed by atoms with van der Waals surface area (Å²) < 4.78 is 14.5. The van der Waals surface area contributed by atoms with Gasteiger partial charge in [0.2, 0.25) is 0 Å². The number of ether oxygens (including phenoxy) is 1. The molecule has 35 heavy (non-hydrogen) atoms. The molecule has 2 aromatic heterocycles. The van der Waals surface area contributed by atoms with E-state index in [1.54, 1.807) is 23.6 Å². The average Bonchev–Trinajstić information content (AvgIpc) is 3.30. The molecule has 0 fully saturated rings. The van der Waals surface area contributed by atoms with Crippen LogP contribution < -0.4 is 14.9 Å². The van der Waals surface area contributed by atoms with Crippen LogP contribution in [0, 0.1) is 0 Å². The third-order valence-corrected chi connectivity index (χ3v) is 8.44. The van der Waals surface area contributed by atoms with Crippen molar-refractivity contribution in [2.45, 2.75) is 52.5 Å². The second kappa shape index (κ2) is 10.8. The van der Waals surface area contributed by atoms with Crippen LogP contribution in [0.3, 0.4) is 0 Å². The van der Waals surface area contributed by atoms with Gasteiger partial charge >= 0.3 is 5.97 Å². The zero-order chi connectivity index (χ0) is 25.3. The molecule has 3 heterocycles. The quantitative estimate of drug-likeness (QED) is 0.312. The van der Waals surface area contributed by atoms with Gasteiger partial charge in [0.05, 0.1) is 32.9 Å². The van der Waals surface area contributed by atoms with Crippen molar-refractivity contribution in [3.63, 3.8) is 0 Å². The van der Waals surface area contributed by atoms with Crippen molar-refractivity contribution < 1.29 is 13.9 Å². The molecule has 0 N–H and O–H groups in total. The standard InChI is InChI=1S/C26H26Br2N2O4S/c1-5-7-19-21(25(32)33-6-2)22(16-10-8-15(9-11-16)14(3)4)30-24(31)20(35-26(30)29-19)13-17-12-18(27)23(28)34-17/h8-14,22H,5-7H2,1-4H3/b20-13+/t22-/m1/s1. The van der Waals surface area contributed by atoms with Gasteiger partial charge in [-0.05, 0) is 68.3 Å². The van der Waals surface area contributed by atoms with E-state index in [1.807, 2.05) is 19.1 Å². The molecule has 0 saturated carbocycles. The number of esters is 1. The summed E-state index contributed by atoms with van der Waals surface area (Å²) in [6, 6.07) is 9.26. The highest BCUT2D eigenvalue weighted by molar-refractivity contribution is 9.13. The molecule has 0 bridgehead atoms. The van der Waals surface area contributed by atoms with Gasteiger partial charge in [0, 0.05) is 6.08 Å². The van der Waals surface area contributed by atoms with Crippen LogP contribution in [0.5, 0.6) is 0 Å². The molecule has 0 unspecified atom stereocenters. The fourth-order valence-electron chi connectivity index (χ4n) is 4.06. The molecule has 0 amide bonds. The molecule has 0 aliphatic carbocycles. The lowest BCUT2D eigenvalue weighted by Crippen LogP contribution is -2.40. The predicted octanol–water partition coefficient (Wildman–Crippen LogP) is 5.82. The van der Waals surface area contributed by atoms with Gasteiger partial charge in [-0.1, -0.05) is 62.8 Å². The Bertz CT molecular complexity index is 1440. The maximum Gasteiger partial charge on any atom is 0.338 e. The number of carbonyl (C=O) groups excluding carboxylic acids is 1. The van der Waals surface area contributed by atoms with Crippen molar-refractivity contribution in [2.75, 3.05) is 6.61 Å². The Labute approximate surface area is 224 Å². The topological polar surface area (TPSA) is 73.8 Å². The average molecular weight is 622 g/mol. The van der Waals surface area contributed by atoms with Crippen LogP contribution in [0.2, 0.25) is 0 Å². The van der Waals surface area contributed by atoms with Gasteiger partial charge in [0.15, 0.2) is 9.47 Å². The van der Waals surface area contributed by atoms with Crippen molar-refractivity contribution in [2.24, 2.45) is 4.99 Å². The molecule has 3 aromatic rings. The highest BCUT2D eigenvalue weighted by atomic mass is 79.9. The lowest BCUT2D eigenvalue weighted by Gasteiger charge is -2.26. The Morgan fingerprint density at radius 2 is 1.97 bits per heavy atom. The van der Waals surface area contributed by atoms with Crippen molar-refractivity contribution in [3.05, 3.63) is 87.3 Å². The molecule has 4 rings (SSSR count). The second-order valence-corrected chi connectivity index (χ2v) is 11.1. The van der Waals surface area contributed by atoms with E-state index in [-0.39, 0.29) is 12.2 Å². The highest BCUT2D eigenvalue weighted by Crippen LogP contribution is 2.33. The molecule has 0 radical (unpaired) electrons. The first-order valence-corrected chi connectivity index (χ1v) is 13.9. The molecule has 0 spiro atoms. The zero-order valence-electron chi connectivity index (χ0n) is 19.9. The van der Waals surface area contributed by atoms with Gasteiger partial charge in [0.1, 0.15) is 5.76 Å². The van der Waals surface area contributed by atoms with Crippen LogP contribution in [0.25, 0.3) is 6.08 Å². The zero-order valence-corrected chi connectivity index (χ0v) is 23.9. The van der Waals surface area contributed by atoms with E-state index in [9.17, 15) is 9.59 Å². The maximum absolute atomic E-state index is 13.7. The van der Waals surface area contributed by atoms with Crippen LogP contribution in [0.15, 0.2) is 64.9 Å². The minimum absolute atomic E-state index is 0.229. The third kappa shape index (κ3) is 5.17. The lowest BCUT2D eigenvalue weighted by molar-refractivity contribution is -0.139. The number of nitrogens with zero attached hydrogens (tertiary/aromatic N) is 2. The molecule has 0 saturated heterocycles. The van der Waals surface area contributed by atoms with Crippen molar-refractivity contribution in [1.29, 1.82) is 0 Å². The Balaban J connectivity index is 1.97. The van der Waals surface area contributed by atoms with Crippen LogP contribution in [-0.2, 0) is 9.53 Å². The summed E-state index contributed by atoms with van der Waals surface area (Å²) in [5, 5.41) is 0. The summed E-state index contributed by atoms with van der Waals surface area (Å²) >= 11 is 8.03. The molecule has 6 nitrogen and oxygen atoms in total. The number of fused-ring (bicyclic) bond motifs is 1. The molecular weight excluding hydrogens is 596 g/mol. The number of hydrogen-bond donors (Lipinski definition) is 0. The van der Waals surface area contributed by atoms with E-state index in [2.05, 4.69) is 57.8 Å². The number of rotatable bonds is 7. The second-order valence-electron chi connectivity index (χ2n) is 8.51. The number of allylic oxidation sites excluding steroid dienone is 1. The summed E-state index contributed by atoms with van der Waals surface area (Å²) in [5.41, 5.74) is 2.89. The Morgan fingerprint density at radius 1 is 1.26 bits per heavy atom. The fourth-order valence-corrected chi connectivity index (χ4v) is 5.67. The maximum atomic E-state index is 13.7. The molecule has 1 aliphatic rings. The number of aromatic nitrogens is 1. The van der Waals surface area contributed by atoms with E-state index in [1.165, 1.54) is 16.9 Å². The van der Waals surface area contributed by atoms with E-state index in [0.717, 1.165) is 16.5 Å². The normalized spacial score (nSPS) is 16.0. The summed E-state index contributed by atoms with van der Waals surface area (Å²) in [6.07, 6.45) is 3.12. The van der Waals surface area contributed by atoms with Gasteiger partial charge in [-0.15, -0.1) is 0 Å². The summed E-state index contributed by atoms with van der Waals surface area (Å²) in [6.45, 7) is 8.33. The minimum Gasteiger partial charge on any atom is -0.463 e. The van der Waals surface area contributed by atoms with Gasteiger partial charge in [-0.25, -0.2) is 9.79 Å². The number of furan rings is 1. The first-order valence-electron chi connectivity index (χ1n) is 11.5. The SMILES string of the molecule is CCCC1=C(C(=O)OCC)[C@@H](c2ccc(C(C)C)cc2)n2c(s/c(=C/c3cc(Br)c(Br)o3)c2=O)=N1. The predicted molar refractivity (Wildman–Crippen MR) is 144 cm³/mol. The third-order valence-electron chi connectivity index (χ3n) is 5.75. The van der Waals surface area contributed by atoms with Crippen LogP contribution in [-0.4, -0.2) is 17.1 Å². The number of hydrogen-bond acceptors (Lipinski definition) is 6. The van der Waals surface area contributed by atoms with E-state index >= 15 is 0 Å². The monoisotopic (exact) mass is 620 g/mol. The molecule has 1 atom stereocenters. The molecular formula is C26H26Br2N2O4S. The Hall–Kier alpha value is -2.23. The van der Waals surface area contributed by atoms with E-state index in [4.69, 9.17) is 14.1 Å². The van der Waals surface area contributed by atoms with Crippen LogP contribution in [0.1, 0.15) is 69.4 Å². The van der Waals surface area contributed by atoms with Crippen LogP contribution in [0.4, 0.5) is 0 Å². The molecule has 9 heteroatoms. The molecule has 1 aromatic carbocycles. The van der Waals surface area contributed by atoms with Gasteiger partial charge in [-0.3, -0.25) is 9.36 Å². The van der Waals surface area contributed by atoms with Crippen LogP contribution >= 0.6 is 43.2 Å². The first-order chi connectivity index (χ1) is 16.7. The fraction of sp³-hybridized carbons (Fsp3) is 0.346. The lowest BCUT2D eigenvalue weighted by atomic mass is 9.92. The Kier molecular flexibility index (Phi) is 7.98. The number of thiazole rings is 1.